The number of ether oxygens (including phenoxy) is 2. The third-order valence-corrected chi connectivity index (χ3v) is 7.82. The molecule has 0 aliphatic carbocycles. The first-order valence-electron chi connectivity index (χ1n) is 10.5. The van der Waals surface area contributed by atoms with Crippen LogP contribution in [0.1, 0.15) is 48.7 Å². The third kappa shape index (κ3) is 4.55. The molecule has 0 spiro atoms. The van der Waals surface area contributed by atoms with Gasteiger partial charge in [-0.3, -0.25) is 4.79 Å². The quantitative estimate of drug-likeness (QED) is 0.618. The van der Waals surface area contributed by atoms with Crippen molar-refractivity contribution in [1.82, 2.24) is 9.21 Å². The van der Waals surface area contributed by atoms with Gasteiger partial charge in [0.25, 0.3) is 5.91 Å². The molecule has 1 fully saturated rings. The molecule has 168 valence electrons. The number of benzene rings is 2. The second-order valence-electron chi connectivity index (χ2n) is 7.38. The molecule has 1 amide bonds. The van der Waals surface area contributed by atoms with Crippen molar-refractivity contribution in [2.45, 2.75) is 37.6 Å². The number of nitrogens with zero attached hydrogens (tertiary/aromatic N) is 2. The highest BCUT2D eigenvalue weighted by atomic mass is 32.2. The summed E-state index contributed by atoms with van der Waals surface area (Å²) >= 11 is 0. The summed E-state index contributed by atoms with van der Waals surface area (Å²) in [5, 5.41) is 0. The number of methoxy groups -OCH3 is 2. The average Bonchev–Trinajstić information content (AvgIpc) is 3.28. The van der Waals surface area contributed by atoms with E-state index >= 15 is 0 Å². The van der Waals surface area contributed by atoms with Crippen molar-refractivity contribution < 1.29 is 22.7 Å². The molecule has 0 radical (unpaired) electrons. The highest BCUT2D eigenvalue weighted by Crippen LogP contribution is 2.39. The van der Waals surface area contributed by atoms with Crippen molar-refractivity contribution in [2.75, 3.05) is 33.9 Å². The van der Waals surface area contributed by atoms with Gasteiger partial charge < -0.3 is 14.4 Å². The van der Waals surface area contributed by atoms with Crippen molar-refractivity contribution in [1.29, 1.82) is 0 Å². The molecule has 1 aliphatic heterocycles. The molecule has 2 aromatic rings. The minimum absolute atomic E-state index is 0.104. The van der Waals surface area contributed by atoms with Crippen LogP contribution >= 0.6 is 0 Å². The predicted molar refractivity (Wildman–Crippen MR) is 119 cm³/mol. The fraction of sp³-hybridized carbons (Fsp3) is 0.435. The number of likely N-dealkylation sites (tertiary alicyclic amines) is 1. The topological polar surface area (TPSA) is 76.2 Å². The van der Waals surface area contributed by atoms with E-state index in [4.69, 9.17) is 9.47 Å². The Kier molecular flexibility index (Phi) is 7.23. The van der Waals surface area contributed by atoms with E-state index < -0.39 is 10.0 Å². The fourth-order valence-electron chi connectivity index (χ4n) is 4.07. The molecule has 0 bridgehead atoms. The first-order valence-corrected chi connectivity index (χ1v) is 11.9. The average molecular weight is 447 g/mol. The van der Waals surface area contributed by atoms with Gasteiger partial charge in [-0.1, -0.05) is 13.8 Å². The maximum absolute atomic E-state index is 13.3. The van der Waals surface area contributed by atoms with Crippen LogP contribution in [0.25, 0.3) is 0 Å². The Bertz CT molecular complexity index is 1020. The van der Waals surface area contributed by atoms with Gasteiger partial charge in [-0.2, -0.15) is 4.31 Å². The second-order valence-corrected chi connectivity index (χ2v) is 9.32. The molecule has 3 rings (SSSR count). The summed E-state index contributed by atoms with van der Waals surface area (Å²) in [6, 6.07) is 11.7. The molecule has 0 aromatic heterocycles. The van der Waals surface area contributed by atoms with Crippen LogP contribution in [-0.2, 0) is 10.0 Å². The number of rotatable bonds is 8. The summed E-state index contributed by atoms with van der Waals surface area (Å²) in [4.78, 5) is 15.3. The zero-order valence-electron chi connectivity index (χ0n) is 18.5. The number of hydrogen-bond acceptors (Lipinski definition) is 5. The summed E-state index contributed by atoms with van der Waals surface area (Å²) in [7, 11) is -0.345. The van der Waals surface area contributed by atoms with E-state index in [9.17, 15) is 13.2 Å². The van der Waals surface area contributed by atoms with Crippen LogP contribution in [0.15, 0.2) is 47.4 Å². The molecule has 1 unspecified atom stereocenters. The van der Waals surface area contributed by atoms with Gasteiger partial charge in [0, 0.05) is 36.8 Å². The number of sulfonamides is 1. The Morgan fingerprint density at radius 3 is 2.32 bits per heavy atom. The molecule has 1 saturated heterocycles. The van der Waals surface area contributed by atoms with Gasteiger partial charge in [0.2, 0.25) is 10.0 Å². The minimum atomic E-state index is -3.55. The second kappa shape index (κ2) is 9.70. The summed E-state index contributed by atoms with van der Waals surface area (Å²) in [6.45, 7) is 5.05. The van der Waals surface area contributed by atoms with E-state index in [0.717, 1.165) is 18.4 Å². The Labute approximate surface area is 184 Å². The Hall–Kier alpha value is -2.58. The van der Waals surface area contributed by atoms with E-state index in [-0.39, 0.29) is 16.8 Å². The van der Waals surface area contributed by atoms with Gasteiger partial charge in [-0.15, -0.1) is 0 Å². The van der Waals surface area contributed by atoms with E-state index in [1.807, 2.05) is 23.1 Å². The van der Waals surface area contributed by atoms with Crippen LogP contribution in [-0.4, -0.2) is 57.4 Å². The molecule has 1 heterocycles. The van der Waals surface area contributed by atoms with Crippen LogP contribution in [0.4, 0.5) is 0 Å². The summed E-state index contributed by atoms with van der Waals surface area (Å²) in [5.74, 6) is 1.26. The van der Waals surface area contributed by atoms with Crippen LogP contribution in [0, 0.1) is 0 Å². The molecule has 0 saturated carbocycles. The maximum Gasteiger partial charge on any atom is 0.254 e. The van der Waals surface area contributed by atoms with Crippen molar-refractivity contribution in [3.05, 3.63) is 53.6 Å². The number of amides is 1. The molecule has 1 aliphatic rings. The molecule has 31 heavy (non-hydrogen) atoms. The molecule has 1 atom stereocenters. The Balaban J connectivity index is 1.86. The third-order valence-electron chi connectivity index (χ3n) is 5.76. The summed E-state index contributed by atoms with van der Waals surface area (Å²) in [6.07, 6.45) is 1.73. The van der Waals surface area contributed by atoms with E-state index in [0.29, 0.717) is 36.7 Å². The van der Waals surface area contributed by atoms with Crippen molar-refractivity contribution >= 4 is 15.9 Å². The largest absolute Gasteiger partial charge is 0.497 e. The zero-order valence-corrected chi connectivity index (χ0v) is 19.3. The molecular weight excluding hydrogens is 416 g/mol. The number of carbonyl (C=O) groups excluding carboxylic acids is 1. The lowest BCUT2D eigenvalue weighted by Gasteiger charge is -2.27. The normalized spacial score (nSPS) is 16.5. The fourth-order valence-corrected chi connectivity index (χ4v) is 5.53. The minimum Gasteiger partial charge on any atom is -0.497 e. The molecule has 7 nitrogen and oxygen atoms in total. The Morgan fingerprint density at radius 1 is 1.06 bits per heavy atom. The number of hydrogen-bond donors (Lipinski definition) is 0. The Morgan fingerprint density at radius 2 is 1.74 bits per heavy atom. The van der Waals surface area contributed by atoms with Gasteiger partial charge in [0.05, 0.1) is 25.2 Å². The molecule has 0 N–H and O–H groups in total. The van der Waals surface area contributed by atoms with E-state index in [1.165, 1.54) is 16.4 Å². The van der Waals surface area contributed by atoms with E-state index in [2.05, 4.69) is 0 Å². The van der Waals surface area contributed by atoms with Crippen LogP contribution in [0.3, 0.4) is 0 Å². The van der Waals surface area contributed by atoms with Crippen molar-refractivity contribution in [3.8, 4) is 11.5 Å². The molecule has 8 heteroatoms. The monoisotopic (exact) mass is 446 g/mol. The molecular formula is C23H30N2O5S. The van der Waals surface area contributed by atoms with Gasteiger partial charge >= 0.3 is 0 Å². The summed E-state index contributed by atoms with van der Waals surface area (Å²) in [5.41, 5.74) is 1.41. The lowest BCUT2D eigenvalue weighted by atomic mass is 10.0. The van der Waals surface area contributed by atoms with Crippen LogP contribution in [0.2, 0.25) is 0 Å². The van der Waals surface area contributed by atoms with Crippen LogP contribution in [0.5, 0.6) is 11.5 Å². The zero-order chi connectivity index (χ0) is 22.6. The highest BCUT2D eigenvalue weighted by molar-refractivity contribution is 7.89. The number of carbonyl (C=O) groups is 1. The SMILES string of the molecule is CCN(CC)S(=O)(=O)c1ccc(C(=O)N2CCCC2c2ccc(OC)cc2OC)cc1. The van der Waals surface area contributed by atoms with Gasteiger partial charge in [-0.05, 0) is 49.2 Å². The lowest BCUT2D eigenvalue weighted by molar-refractivity contribution is 0.0734. The van der Waals surface area contributed by atoms with Gasteiger partial charge in [0.1, 0.15) is 11.5 Å². The van der Waals surface area contributed by atoms with Crippen LogP contribution < -0.4 is 9.47 Å². The summed E-state index contributed by atoms with van der Waals surface area (Å²) < 4.78 is 37.6. The van der Waals surface area contributed by atoms with Gasteiger partial charge in [-0.25, -0.2) is 8.42 Å². The molecule has 2 aromatic carbocycles. The standard InChI is InChI=1S/C23H30N2O5S/c1-5-24(6-2)31(27,28)19-12-9-17(10-13-19)23(26)25-15-7-8-21(25)20-14-11-18(29-3)16-22(20)30-4/h9-14,16,21H,5-8,15H2,1-4H3. The predicted octanol–water partition coefficient (Wildman–Crippen LogP) is 3.71. The first kappa shape index (κ1) is 23.1. The van der Waals surface area contributed by atoms with Crippen molar-refractivity contribution in [2.24, 2.45) is 0 Å². The van der Waals surface area contributed by atoms with E-state index in [1.54, 1.807) is 40.2 Å². The highest BCUT2D eigenvalue weighted by Gasteiger charge is 2.33. The smallest absolute Gasteiger partial charge is 0.254 e. The van der Waals surface area contributed by atoms with Crippen molar-refractivity contribution in [3.63, 3.8) is 0 Å². The first-order chi connectivity index (χ1) is 14.9. The lowest BCUT2D eigenvalue weighted by Crippen LogP contribution is -2.31. The maximum atomic E-state index is 13.3. The van der Waals surface area contributed by atoms with Gasteiger partial charge in [0.15, 0.2) is 0 Å².